The van der Waals surface area contributed by atoms with Crippen LogP contribution in [0.2, 0.25) is 0 Å². The topological polar surface area (TPSA) is 69.6 Å². The van der Waals surface area contributed by atoms with Crippen molar-refractivity contribution in [2.75, 3.05) is 13.1 Å². The first-order valence-electron chi connectivity index (χ1n) is 6.40. The van der Waals surface area contributed by atoms with Crippen molar-refractivity contribution < 1.29 is 14.7 Å². The number of urea groups is 1. The zero-order valence-corrected chi connectivity index (χ0v) is 10.9. The summed E-state index contributed by atoms with van der Waals surface area (Å²) in [6, 6.07) is 8.44. The fraction of sp³-hybridized carbons (Fsp3) is 0.429. The lowest BCUT2D eigenvalue weighted by atomic mass is 9.92. The zero-order chi connectivity index (χ0) is 13.9. The molecular weight excluding hydrogens is 244 g/mol. The fourth-order valence-electron chi connectivity index (χ4n) is 2.23. The Labute approximate surface area is 112 Å². The number of carboxylic acid groups (broad SMARTS) is 1. The molecule has 1 aromatic rings. The number of hydrogen-bond donors (Lipinski definition) is 2. The molecule has 1 saturated heterocycles. The summed E-state index contributed by atoms with van der Waals surface area (Å²) in [5, 5.41) is 12.1. The predicted octanol–water partition coefficient (Wildman–Crippen LogP) is 1.79. The Morgan fingerprint density at radius 1 is 1.21 bits per heavy atom. The summed E-state index contributed by atoms with van der Waals surface area (Å²) >= 11 is 0. The first-order valence-corrected chi connectivity index (χ1v) is 6.40. The number of carboxylic acids is 1. The van der Waals surface area contributed by atoms with E-state index in [1.165, 1.54) is 6.92 Å². The molecule has 1 heterocycles. The fourth-order valence-corrected chi connectivity index (χ4v) is 2.23. The van der Waals surface area contributed by atoms with Crippen LogP contribution in [0.15, 0.2) is 30.3 Å². The van der Waals surface area contributed by atoms with Gasteiger partial charge in [-0.2, -0.15) is 0 Å². The molecule has 0 aliphatic carbocycles. The standard InChI is InChI=1S/C14H18N2O3/c1-14(12(17)18,11-7-3-2-4-8-11)15-13(19)16-9-5-6-10-16/h2-4,7-8H,5-6,9-10H2,1H3,(H,15,19)(H,17,18). The highest BCUT2D eigenvalue weighted by molar-refractivity contribution is 5.87. The van der Waals surface area contributed by atoms with Gasteiger partial charge in [-0.05, 0) is 25.3 Å². The summed E-state index contributed by atoms with van der Waals surface area (Å²) in [5.41, 5.74) is -0.837. The Morgan fingerprint density at radius 3 is 2.32 bits per heavy atom. The van der Waals surface area contributed by atoms with E-state index in [4.69, 9.17) is 0 Å². The zero-order valence-electron chi connectivity index (χ0n) is 10.9. The highest BCUT2D eigenvalue weighted by atomic mass is 16.4. The van der Waals surface area contributed by atoms with Gasteiger partial charge in [-0.1, -0.05) is 30.3 Å². The number of nitrogens with one attached hydrogen (secondary N) is 1. The van der Waals surface area contributed by atoms with Crippen molar-refractivity contribution in [3.63, 3.8) is 0 Å². The van der Waals surface area contributed by atoms with Crippen molar-refractivity contribution in [3.05, 3.63) is 35.9 Å². The summed E-state index contributed by atoms with van der Waals surface area (Å²) in [4.78, 5) is 25.3. The van der Waals surface area contributed by atoms with Crippen molar-refractivity contribution in [2.45, 2.75) is 25.3 Å². The third-order valence-corrected chi connectivity index (χ3v) is 3.53. The van der Waals surface area contributed by atoms with Gasteiger partial charge in [0.25, 0.3) is 0 Å². The van der Waals surface area contributed by atoms with Gasteiger partial charge in [0.15, 0.2) is 5.54 Å². The quantitative estimate of drug-likeness (QED) is 0.872. The monoisotopic (exact) mass is 262 g/mol. The number of carbonyl (C=O) groups is 2. The number of benzene rings is 1. The number of likely N-dealkylation sites (tertiary alicyclic amines) is 1. The molecular formula is C14H18N2O3. The average Bonchev–Trinajstić information content (AvgIpc) is 2.93. The normalized spacial score (nSPS) is 17.8. The summed E-state index contributed by atoms with van der Waals surface area (Å²) in [6.07, 6.45) is 1.95. The van der Waals surface area contributed by atoms with Crippen molar-refractivity contribution in [1.82, 2.24) is 10.2 Å². The molecule has 0 radical (unpaired) electrons. The van der Waals surface area contributed by atoms with Gasteiger partial charge in [-0.3, -0.25) is 0 Å². The molecule has 2 rings (SSSR count). The van der Waals surface area contributed by atoms with Gasteiger partial charge < -0.3 is 15.3 Å². The molecule has 1 aliphatic heterocycles. The van der Waals surface area contributed by atoms with Crippen molar-refractivity contribution in [1.29, 1.82) is 0 Å². The Balaban J connectivity index is 2.20. The van der Waals surface area contributed by atoms with Gasteiger partial charge in [-0.15, -0.1) is 0 Å². The number of rotatable bonds is 3. The van der Waals surface area contributed by atoms with Gasteiger partial charge in [0.2, 0.25) is 0 Å². The minimum Gasteiger partial charge on any atom is -0.479 e. The van der Waals surface area contributed by atoms with Crippen LogP contribution in [0.25, 0.3) is 0 Å². The third-order valence-electron chi connectivity index (χ3n) is 3.53. The lowest BCUT2D eigenvalue weighted by molar-refractivity contribution is -0.144. The minimum atomic E-state index is -1.40. The van der Waals surface area contributed by atoms with E-state index in [0.29, 0.717) is 18.7 Å². The van der Waals surface area contributed by atoms with E-state index in [1.54, 1.807) is 29.2 Å². The lowest BCUT2D eigenvalue weighted by Gasteiger charge is -2.29. The van der Waals surface area contributed by atoms with E-state index in [0.717, 1.165) is 12.8 Å². The van der Waals surface area contributed by atoms with Crippen molar-refractivity contribution >= 4 is 12.0 Å². The second-order valence-electron chi connectivity index (χ2n) is 4.92. The molecule has 1 fully saturated rings. The SMILES string of the molecule is CC(NC(=O)N1CCCC1)(C(=O)O)c1ccccc1. The van der Waals surface area contributed by atoms with Crippen molar-refractivity contribution in [3.8, 4) is 0 Å². The molecule has 2 amide bonds. The second kappa shape index (κ2) is 5.30. The number of hydrogen-bond acceptors (Lipinski definition) is 2. The van der Waals surface area contributed by atoms with E-state index in [1.807, 2.05) is 6.07 Å². The summed E-state index contributed by atoms with van der Waals surface area (Å²) in [5.74, 6) is -1.06. The number of nitrogens with zero attached hydrogens (tertiary/aromatic N) is 1. The van der Waals surface area contributed by atoms with E-state index >= 15 is 0 Å². The molecule has 1 aliphatic rings. The molecule has 0 aromatic heterocycles. The molecule has 19 heavy (non-hydrogen) atoms. The van der Waals surface area contributed by atoms with E-state index in [-0.39, 0.29) is 6.03 Å². The molecule has 5 heteroatoms. The van der Waals surface area contributed by atoms with Crippen LogP contribution >= 0.6 is 0 Å². The van der Waals surface area contributed by atoms with Crippen LogP contribution in [0, 0.1) is 0 Å². The highest BCUT2D eigenvalue weighted by Crippen LogP contribution is 2.22. The highest BCUT2D eigenvalue weighted by Gasteiger charge is 2.38. The predicted molar refractivity (Wildman–Crippen MR) is 70.8 cm³/mol. The Hall–Kier alpha value is -2.04. The van der Waals surface area contributed by atoms with Crippen LogP contribution in [0.5, 0.6) is 0 Å². The van der Waals surface area contributed by atoms with Gasteiger partial charge in [0, 0.05) is 13.1 Å². The van der Waals surface area contributed by atoms with Crippen molar-refractivity contribution in [2.24, 2.45) is 0 Å². The summed E-state index contributed by atoms with van der Waals surface area (Å²) in [7, 11) is 0. The van der Waals surface area contributed by atoms with Gasteiger partial charge in [0.1, 0.15) is 0 Å². The van der Waals surface area contributed by atoms with Crippen LogP contribution in [0.1, 0.15) is 25.3 Å². The number of carbonyl (C=O) groups excluding carboxylic acids is 1. The first-order chi connectivity index (χ1) is 9.04. The average molecular weight is 262 g/mol. The van der Waals surface area contributed by atoms with Gasteiger partial charge >= 0.3 is 12.0 Å². The van der Waals surface area contributed by atoms with Crippen LogP contribution < -0.4 is 5.32 Å². The minimum absolute atomic E-state index is 0.314. The van der Waals surface area contributed by atoms with Crippen LogP contribution in [-0.2, 0) is 10.3 Å². The Bertz CT molecular complexity index is 469. The lowest BCUT2D eigenvalue weighted by Crippen LogP contribution is -2.53. The second-order valence-corrected chi connectivity index (χ2v) is 4.92. The molecule has 2 N–H and O–H groups in total. The smallest absolute Gasteiger partial charge is 0.333 e. The van der Waals surface area contributed by atoms with Crippen LogP contribution in [-0.4, -0.2) is 35.1 Å². The third kappa shape index (κ3) is 2.70. The Kier molecular flexibility index (Phi) is 3.74. The molecule has 5 nitrogen and oxygen atoms in total. The maximum atomic E-state index is 12.1. The number of aliphatic carboxylic acids is 1. The van der Waals surface area contributed by atoms with Crippen LogP contribution in [0.3, 0.4) is 0 Å². The largest absolute Gasteiger partial charge is 0.479 e. The van der Waals surface area contributed by atoms with E-state index in [2.05, 4.69) is 5.32 Å². The van der Waals surface area contributed by atoms with Gasteiger partial charge in [-0.25, -0.2) is 9.59 Å². The first kappa shape index (κ1) is 13.4. The molecule has 1 unspecified atom stereocenters. The molecule has 0 spiro atoms. The summed E-state index contributed by atoms with van der Waals surface area (Å²) < 4.78 is 0. The number of amides is 2. The maximum absolute atomic E-state index is 12.1. The molecule has 1 atom stereocenters. The summed E-state index contributed by atoms with van der Waals surface area (Å²) in [6.45, 7) is 2.89. The molecule has 1 aromatic carbocycles. The molecule has 0 bridgehead atoms. The maximum Gasteiger partial charge on any atom is 0.333 e. The van der Waals surface area contributed by atoms with Gasteiger partial charge in [0.05, 0.1) is 0 Å². The molecule has 102 valence electrons. The molecule has 0 saturated carbocycles. The van der Waals surface area contributed by atoms with E-state index < -0.39 is 11.5 Å². The van der Waals surface area contributed by atoms with Crippen LogP contribution in [0.4, 0.5) is 4.79 Å². The van der Waals surface area contributed by atoms with E-state index in [9.17, 15) is 14.7 Å². The Morgan fingerprint density at radius 2 is 1.79 bits per heavy atom.